The minimum absolute atomic E-state index is 0.0587. The second kappa shape index (κ2) is 32.6. The Bertz CT molecular complexity index is 6650. The van der Waals surface area contributed by atoms with E-state index in [4.69, 9.17) is 29.4 Å². The van der Waals surface area contributed by atoms with E-state index in [1.165, 1.54) is 0 Å². The fourth-order valence-corrected chi connectivity index (χ4v) is 18.1. The van der Waals surface area contributed by atoms with Crippen LogP contribution in [0.1, 0.15) is 53.6 Å². The number of nitrogens with one attached hydrogen (secondary N) is 1. The van der Waals surface area contributed by atoms with Crippen LogP contribution in [0.5, 0.6) is 11.5 Å². The number of pyridine rings is 6. The van der Waals surface area contributed by atoms with E-state index in [0.717, 1.165) is 173 Å². The van der Waals surface area contributed by atoms with Gasteiger partial charge in [-0.3, -0.25) is 41.7 Å². The van der Waals surface area contributed by atoms with Gasteiger partial charge in [0.05, 0.1) is 86.0 Å². The van der Waals surface area contributed by atoms with Gasteiger partial charge in [-0.05, 0) is 208 Å². The smallest absolute Gasteiger partial charge is 0.258 e. The van der Waals surface area contributed by atoms with Crippen LogP contribution >= 0.6 is 11.3 Å². The number of fused-ring (bicyclic) bond motifs is 8. The summed E-state index contributed by atoms with van der Waals surface area (Å²) in [5.74, 6) is 2.65. The van der Waals surface area contributed by atoms with Crippen LogP contribution in [0.2, 0.25) is 0 Å². The maximum absolute atomic E-state index is 13.0. The maximum atomic E-state index is 13.0. The molecule has 0 amide bonds. The molecule has 0 saturated carbocycles. The van der Waals surface area contributed by atoms with Gasteiger partial charge >= 0.3 is 0 Å². The molecule has 119 heavy (non-hydrogen) atoms. The van der Waals surface area contributed by atoms with Gasteiger partial charge in [-0.15, -0.1) is 11.3 Å². The quantitative estimate of drug-likeness (QED) is 0.134. The molecule has 28 heteroatoms. The first-order valence-electron chi connectivity index (χ1n) is 40.8. The number of thiazole rings is 1. The van der Waals surface area contributed by atoms with Gasteiger partial charge < -0.3 is 44.2 Å². The number of methoxy groups -OCH3 is 2. The number of rotatable bonds is 10. The largest absolute Gasteiger partial charge is 0.493 e. The molecule has 27 nitrogen and oxygen atoms in total. The van der Waals surface area contributed by atoms with Crippen LogP contribution in [0.15, 0.2) is 184 Å². The van der Waals surface area contributed by atoms with Crippen LogP contribution in [0.25, 0.3) is 89.1 Å². The summed E-state index contributed by atoms with van der Waals surface area (Å²) in [5.41, 5.74) is 20.8. The second-order valence-corrected chi connectivity index (χ2v) is 34.1. The molecule has 1 N–H and O–H groups in total. The predicted octanol–water partition coefficient (Wildman–Crippen LogP) is 11.3. The van der Waals surface area contributed by atoms with Gasteiger partial charge in [0.15, 0.2) is 11.5 Å². The van der Waals surface area contributed by atoms with Crippen LogP contribution in [0, 0.1) is 53.4 Å². The molecule has 2 aromatic carbocycles. The zero-order valence-electron chi connectivity index (χ0n) is 70.0. The Labute approximate surface area is 693 Å². The number of piperazine rings is 3. The summed E-state index contributed by atoms with van der Waals surface area (Å²) in [5, 5.41) is 13.8. The predicted molar refractivity (Wildman–Crippen MR) is 475 cm³/mol. The highest BCUT2D eigenvalue weighted by molar-refractivity contribution is 7.18. The van der Waals surface area contributed by atoms with Crippen LogP contribution < -0.4 is 56.6 Å². The van der Waals surface area contributed by atoms with Gasteiger partial charge in [-0.25, -0.2) is 34.0 Å². The van der Waals surface area contributed by atoms with E-state index in [2.05, 4.69) is 153 Å². The average Bonchev–Trinajstić information content (AvgIpc) is 1.77. The second-order valence-electron chi connectivity index (χ2n) is 32.9. The van der Waals surface area contributed by atoms with E-state index >= 15 is 0 Å². The highest BCUT2D eigenvalue weighted by atomic mass is 32.1. The van der Waals surface area contributed by atoms with E-state index in [9.17, 15) is 19.2 Å². The molecule has 0 unspecified atom stereocenters. The molecule has 13 aromatic heterocycles. The molecule has 0 spiro atoms. The van der Waals surface area contributed by atoms with Crippen molar-refractivity contribution in [3.8, 4) is 56.8 Å². The van der Waals surface area contributed by atoms with Crippen molar-refractivity contribution in [2.75, 3.05) is 140 Å². The number of ether oxygens (including phenoxy) is 2. The van der Waals surface area contributed by atoms with Crippen LogP contribution in [0.3, 0.4) is 0 Å². The molecule has 5 aliphatic heterocycles. The molecular weight excluding hydrogens is 1520 g/mol. The summed E-state index contributed by atoms with van der Waals surface area (Å²) < 4.78 is 22.1. The first-order chi connectivity index (χ1) is 57.3. The fourth-order valence-electron chi connectivity index (χ4n) is 17.3. The minimum atomic E-state index is -0.0953. The van der Waals surface area contributed by atoms with Crippen LogP contribution in [-0.2, 0) is 0 Å². The molecule has 5 aliphatic rings. The van der Waals surface area contributed by atoms with Crippen LogP contribution in [0.4, 0.5) is 22.7 Å². The Morgan fingerprint density at radius 3 is 1.43 bits per heavy atom. The number of aromatic nitrogens is 13. The molecule has 0 bridgehead atoms. The lowest BCUT2D eigenvalue weighted by Crippen LogP contribution is -2.55. The number of nitrogens with zero attached hydrogens (tertiary/aromatic N) is 20. The monoisotopic (exact) mass is 1620 g/mol. The Morgan fingerprint density at radius 2 is 0.874 bits per heavy atom. The lowest BCUT2D eigenvalue weighted by atomic mass is 10.0. The van der Waals surface area contributed by atoms with E-state index in [0.29, 0.717) is 98.2 Å². The van der Waals surface area contributed by atoms with Crippen LogP contribution in [-0.4, -0.2) is 215 Å². The first kappa shape index (κ1) is 79.3. The van der Waals surface area contributed by atoms with E-state index in [1.807, 2.05) is 135 Å². The number of benzene rings is 2. The summed E-state index contributed by atoms with van der Waals surface area (Å²) in [6.45, 7) is 32.0. The molecule has 20 rings (SSSR count). The standard InChI is InChI=1S/C24H28N6O.C23H26N6O.C23H26N4O3.C21H21N5OS/c1-15-8-16(2)22-9-21(26-30(22)11-15)20-10-24(31)29-14-19(6-7-23(29)25-20)28-12-17(3)27(5)18(4)13-28;1-15-9-16(2)21-10-20(25-29(21)12-15)19-11-23(30)28-14-18(5-6-22(28)24-19)27-8-7-26(4)17(3)13-27;1-14-6-18(26-11-16-9-24-10-17(16)12-26)13-27-22(28)8-19(25-23(14)27)15-4-5-20(29-2)21(7-15)30-3;1-14-22-17-5-3-15(11-19(17)28-14)18-12-21(27)26-13-16(4-6-20(26)23-18)25-9-7-24(2)8-10-25/h6-11,14,17-18H,12-13H2,1-5H3;5-6,9-12,14,17H,7-8,13H2,1-4H3;4-8,13,16-17,24H,9-12H2,1-3H3;3-6,11-13H,7-10H2,1-2H3/t17-,18+;17-;16-,17+;/m.0../s1. The van der Waals surface area contributed by atoms with Gasteiger partial charge in [0.25, 0.3) is 22.2 Å². The summed E-state index contributed by atoms with van der Waals surface area (Å²) in [6.07, 6.45) is 11.6. The molecule has 612 valence electrons. The van der Waals surface area contributed by atoms with Crippen molar-refractivity contribution in [3.63, 3.8) is 0 Å². The Morgan fingerprint density at radius 1 is 0.403 bits per heavy atom. The van der Waals surface area contributed by atoms with Crippen molar-refractivity contribution in [1.82, 2.24) is 81.8 Å². The van der Waals surface area contributed by atoms with Crippen molar-refractivity contribution in [3.05, 3.63) is 239 Å². The number of hydrogen-bond acceptors (Lipinski definition) is 22. The summed E-state index contributed by atoms with van der Waals surface area (Å²) >= 11 is 1.66. The SMILES string of the molecule is COc1ccc(-c2cc(=O)n3cc(N4C[C@H]5CNC[C@H]5C4)cc(C)c3n2)cc1OC.Cc1cc(C)c2cc(-c3cc(=O)n4cc(N5CCN(C)[C@@H](C)C5)ccc4n3)nn2c1.Cc1cc(C)c2cc(-c3cc(=O)n4cc(N5C[C@@H](C)N(C)[C@@H](C)C5)ccc4n3)nn2c1.Cc1nc2ccc(-c3cc(=O)n4cc(N5CCN(C)CC5)ccc4n3)cc2s1. The van der Waals surface area contributed by atoms with Crippen molar-refractivity contribution in [1.29, 1.82) is 0 Å². The Kier molecular flexibility index (Phi) is 21.7. The molecule has 5 saturated heterocycles. The number of hydrogen-bond donors (Lipinski definition) is 1. The number of likely N-dealkylation sites (N-methyl/N-ethyl adjacent to an activating group) is 3. The topological polar surface area (TPSA) is 238 Å². The molecule has 0 aliphatic carbocycles. The highest BCUT2D eigenvalue weighted by Crippen LogP contribution is 2.36. The molecule has 5 fully saturated rings. The van der Waals surface area contributed by atoms with Gasteiger partial charge in [-0.2, -0.15) is 10.2 Å². The molecule has 5 atom stereocenters. The Balaban J connectivity index is 0.000000114. The van der Waals surface area contributed by atoms with Gasteiger partial charge in [0, 0.05) is 176 Å². The Hall–Kier alpha value is -12.2. The summed E-state index contributed by atoms with van der Waals surface area (Å²) in [6, 6.07) is 41.7. The zero-order chi connectivity index (χ0) is 82.9. The van der Waals surface area contributed by atoms with E-state index < -0.39 is 0 Å². The first-order valence-corrected chi connectivity index (χ1v) is 41.6. The van der Waals surface area contributed by atoms with Crippen molar-refractivity contribution >= 4 is 77.9 Å². The molecule has 18 heterocycles. The zero-order valence-corrected chi connectivity index (χ0v) is 70.8. The summed E-state index contributed by atoms with van der Waals surface area (Å²) in [7, 11) is 9.66. The third-order valence-corrected chi connectivity index (χ3v) is 25.3. The maximum Gasteiger partial charge on any atom is 0.258 e. The third kappa shape index (κ3) is 16.1. The lowest BCUT2D eigenvalue weighted by Gasteiger charge is -2.43. The van der Waals surface area contributed by atoms with E-state index in [1.54, 1.807) is 67.4 Å². The molecular formula is C91H101N21O6S. The normalized spacial score (nSPS) is 18.6. The van der Waals surface area contributed by atoms with Crippen molar-refractivity contribution in [2.45, 2.75) is 80.4 Å². The molecule has 0 radical (unpaired) electrons. The van der Waals surface area contributed by atoms with E-state index in [-0.39, 0.29) is 22.2 Å². The molecule has 15 aromatic rings. The highest BCUT2D eigenvalue weighted by Gasteiger charge is 2.37. The van der Waals surface area contributed by atoms with Crippen molar-refractivity contribution in [2.24, 2.45) is 11.8 Å². The van der Waals surface area contributed by atoms with Gasteiger partial charge in [-0.1, -0.05) is 18.2 Å². The third-order valence-electron chi connectivity index (χ3n) is 24.4. The van der Waals surface area contributed by atoms with Gasteiger partial charge in [0.2, 0.25) is 0 Å². The average molecular weight is 1620 g/mol. The fraction of sp³-hybridized carbons (Fsp3) is 0.352. The lowest BCUT2D eigenvalue weighted by molar-refractivity contribution is 0.170. The number of aryl methyl sites for hydroxylation is 6. The van der Waals surface area contributed by atoms with Gasteiger partial charge in [0.1, 0.15) is 34.0 Å². The number of anilines is 4. The minimum Gasteiger partial charge on any atom is -0.493 e. The summed E-state index contributed by atoms with van der Waals surface area (Å²) in [4.78, 5) is 91.7. The van der Waals surface area contributed by atoms with Crippen molar-refractivity contribution < 1.29 is 9.47 Å².